The molecule has 1 saturated heterocycles. The number of hydrogen-bond acceptors (Lipinski definition) is 5. The predicted molar refractivity (Wildman–Crippen MR) is 55.6 cm³/mol. The molecule has 0 aromatic rings. The summed E-state index contributed by atoms with van der Waals surface area (Å²) in [6, 6.07) is 0. The van der Waals surface area contributed by atoms with Crippen molar-refractivity contribution in [1.29, 1.82) is 0 Å². The van der Waals surface area contributed by atoms with Crippen LogP contribution in [-0.4, -0.2) is 59.4 Å². The lowest BCUT2D eigenvalue weighted by Gasteiger charge is -2.30. The predicted octanol–water partition coefficient (Wildman–Crippen LogP) is -1.14. The maximum atomic E-state index is 9.08. The monoisotopic (exact) mass is 219 g/mol. The third-order valence-corrected chi connectivity index (χ3v) is 2.93. The largest absolute Gasteiger partial charge is 0.394 e. The Bertz CT molecular complexity index is 176. The molecule has 1 heterocycles. The highest BCUT2D eigenvalue weighted by Crippen LogP contribution is 2.18. The lowest BCUT2D eigenvalue weighted by molar-refractivity contribution is 0.0157. The molecule has 1 rings (SSSR count). The molecule has 0 radical (unpaired) electrons. The zero-order chi connectivity index (χ0) is 11.3. The zero-order valence-electron chi connectivity index (χ0n) is 9.15. The van der Waals surface area contributed by atoms with Crippen LogP contribution >= 0.6 is 0 Å². The number of aliphatic hydroxyl groups excluding tert-OH is 3. The van der Waals surface area contributed by atoms with Gasteiger partial charge in [-0.1, -0.05) is 0 Å². The highest BCUT2D eigenvalue weighted by molar-refractivity contribution is 4.88. The average Bonchev–Trinajstić information content (AvgIpc) is 2.67. The Hall–Kier alpha value is -0.200. The van der Waals surface area contributed by atoms with E-state index >= 15 is 0 Å². The van der Waals surface area contributed by atoms with Gasteiger partial charge >= 0.3 is 0 Å². The van der Waals surface area contributed by atoms with Crippen molar-refractivity contribution in [2.75, 3.05) is 26.4 Å². The van der Waals surface area contributed by atoms with E-state index in [1.165, 1.54) is 0 Å². The molecule has 4 N–H and O–H groups in total. The van der Waals surface area contributed by atoms with E-state index in [9.17, 15) is 0 Å². The van der Waals surface area contributed by atoms with E-state index in [-0.39, 0.29) is 32.0 Å². The summed E-state index contributed by atoms with van der Waals surface area (Å²) < 4.78 is 5.58. The fourth-order valence-corrected chi connectivity index (χ4v) is 1.68. The quantitative estimate of drug-likeness (QED) is 0.454. The Morgan fingerprint density at radius 1 is 1.20 bits per heavy atom. The first kappa shape index (κ1) is 12.9. The summed E-state index contributed by atoms with van der Waals surface area (Å²) >= 11 is 0. The molecule has 0 aliphatic carbocycles. The van der Waals surface area contributed by atoms with E-state index in [1.54, 1.807) is 0 Å². The van der Waals surface area contributed by atoms with Crippen LogP contribution in [-0.2, 0) is 4.74 Å². The van der Waals surface area contributed by atoms with Gasteiger partial charge in [-0.2, -0.15) is 0 Å². The molecule has 0 bridgehead atoms. The molecule has 0 aromatic heterocycles. The van der Waals surface area contributed by atoms with Gasteiger partial charge in [0.15, 0.2) is 0 Å². The summed E-state index contributed by atoms with van der Waals surface area (Å²) in [5.41, 5.74) is -0.991. The van der Waals surface area contributed by atoms with E-state index < -0.39 is 5.54 Å². The van der Waals surface area contributed by atoms with Crippen molar-refractivity contribution < 1.29 is 20.1 Å². The van der Waals surface area contributed by atoms with E-state index in [0.29, 0.717) is 6.54 Å². The third-order valence-electron chi connectivity index (χ3n) is 2.93. The molecule has 2 atom stereocenters. The van der Waals surface area contributed by atoms with Gasteiger partial charge in [0, 0.05) is 6.54 Å². The topological polar surface area (TPSA) is 82.0 Å². The summed E-state index contributed by atoms with van der Waals surface area (Å²) in [5.74, 6) is 0. The van der Waals surface area contributed by atoms with Crippen molar-refractivity contribution in [3.63, 3.8) is 0 Å². The van der Waals surface area contributed by atoms with Crippen LogP contribution in [0.1, 0.15) is 19.8 Å². The fourth-order valence-electron chi connectivity index (χ4n) is 1.68. The fraction of sp³-hybridized carbons (Fsp3) is 1.00. The maximum absolute atomic E-state index is 9.08. The average molecular weight is 219 g/mol. The third kappa shape index (κ3) is 3.39. The summed E-state index contributed by atoms with van der Waals surface area (Å²) in [7, 11) is 0. The Labute approximate surface area is 90.1 Å². The summed E-state index contributed by atoms with van der Waals surface area (Å²) in [5, 5.41) is 30.2. The second-order valence-electron chi connectivity index (χ2n) is 4.28. The molecular weight excluding hydrogens is 198 g/mol. The van der Waals surface area contributed by atoms with Crippen molar-refractivity contribution >= 4 is 0 Å². The summed E-state index contributed by atoms with van der Waals surface area (Å²) in [6.45, 7) is 1.70. The van der Waals surface area contributed by atoms with E-state index in [4.69, 9.17) is 20.1 Å². The number of hydrogen-bond donors (Lipinski definition) is 4. The second kappa shape index (κ2) is 5.77. The van der Waals surface area contributed by atoms with Crippen LogP contribution in [0.15, 0.2) is 0 Å². The second-order valence-corrected chi connectivity index (χ2v) is 4.28. The SMILES string of the molecule is CC1CCC(CNC(CO)(CO)CO)O1. The standard InChI is InChI=1S/C10H21NO4/c1-8-2-3-9(15-8)4-11-10(5-12,6-13)7-14/h8-9,11-14H,2-7H2,1H3. The molecule has 5 nitrogen and oxygen atoms in total. The highest BCUT2D eigenvalue weighted by Gasteiger charge is 2.30. The van der Waals surface area contributed by atoms with Crippen LogP contribution in [0.5, 0.6) is 0 Å². The van der Waals surface area contributed by atoms with Crippen LogP contribution in [0.3, 0.4) is 0 Å². The minimum Gasteiger partial charge on any atom is -0.394 e. The molecule has 0 saturated carbocycles. The van der Waals surface area contributed by atoms with Crippen LogP contribution in [0.25, 0.3) is 0 Å². The van der Waals surface area contributed by atoms with Crippen molar-refractivity contribution in [1.82, 2.24) is 5.32 Å². The Morgan fingerprint density at radius 3 is 2.20 bits per heavy atom. The lowest BCUT2D eigenvalue weighted by Crippen LogP contribution is -2.56. The van der Waals surface area contributed by atoms with Gasteiger partial charge in [-0.25, -0.2) is 0 Å². The minimum absolute atomic E-state index is 0.115. The Balaban J connectivity index is 2.33. The van der Waals surface area contributed by atoms with Gasteiger partial charge < -0.3 is 25.4 Å². The molecule has 1 aliphatic rings. The van der Waals surface area contributed by atoms with Crippen molar-refractivity contribution in [2.24, 2.45) is 0 Å². The molecule has 0 amide bonds. The van der Waals surface area contributed by atoms with Gasteiger partial charge in [-0.15, -0.1) is 0 Å². The van der Waals surface area contributed by atoms with Crippen molar-refractivity contribution in [3.8, 4) is 0 Å². The van der Waals surface area contributed by atoms with Gasteiger partial charge in [-0.3, -0.25) is 0 Å². The Morgan fingerprint density at radius 2 is 1.80 bits per heavy atom. The van der Waals surface area contributed by atoms with Gasteiger partial charge in [0.05, 0.1) is 37.6 Å². The molecule has 15 heavy (non-hydrogen) atoms. The first-order valence-corrected chi connectivity index (χ1v) is 5.39. The van der Waals surface area contributed by atoms with Crippen LogP contribution in [0.4, 0.5) is 0 Å². The molecule has 0 spiro atoms. The van der Waals surface area contributed by atoms with E-state index in [2.05, 4.69) is 5.32 Å². The molecule has 1 aliphatic heterocycles. The molecular formula is C10H21NO4. The van der Waals surface area contributed by atoms with E-state index in [0.717, 1.165) is 12.8 Å². The molecule has 2 unspecified atom stereocenters. The smallest absolute Gasteiger partial charge is 0.0882 e. The van der Waals surface area contributed by atoms with Gasteiger partial charge in [0.25, 0.3) is 0 Å². The first-order chi connectivity index (χ1) is 7.15. The van der Waals surface area contributed by atoms with Crippen molar-refractivity contribution in [2.45, 2.75) is 37.5 Å². The molecule has 0 aromatic carbocycles. The zero-order valence-corrected chi connectivity index (χ0v) is 9.15. The Kier molecular flexibility index (Phi) is 4.95. The molecule has 5 heteroatoms. The summed E-state index contributed by atoms with van der Waals surface area (Å²) in [4.78, 5) is 0. The maximum Gasteiger partial charge on any atom is 0.0882 e. The van der Waals surface area contributed by atoms with Crippen LogP contribution < -0.4 is 5.32 Å². The number of rotatable bonds is 6. The normalized spacial score (nSPS) is 27.2. The first-order valence-electron chi connectivity index (χ1n) is 5.39. The molecule has 90 valence electrons. The lowest BCUT2D eigenvalue weighted by atomic mass is 10.0. The summed E-state index contributed by atoms with van der Waals surface area (Å²) in [6.07, 6.45) is 2.41. The van der Waals surface area contributed by atoms with Gasteiger partial charge in [0.1, 0.15) is 0 Å². The van der Waals surface area contributed by atoms with Gasteiger partial charge in [-0.05, 0) is 19.8 Å². The number of nitrogens with one attached hydrogen (secondary N) is 1. The van der Waals surface area contributed by atoms with Gasteiger partial charge in [0.2, 0.25) is 0 Å². The van der Waals surface area contributed by atoms with Crippen LogP contribution in [0, 0.1) is 0 Å². The van der Waals surface area contributed by atoms with E-state index in [1.807, 2.05) is 6.92 Å². The minimum atomic E-state index is -0.991. The number of aliphatic hydroxyl groups is 3. The highest BCUT2D eigenvalue weighted by atomic mass is 16.5. The van der Waals surface area contributed by atoms with Crippen LogP contribution in [0.2, 0.25) is 0 Å². The molecule has 1 fully saturated rings. The number of ether oxygens (including phenoxy) is 1. The van der Waals surface area contributed by atoms with Crippen molar-refractivity contribution in [3.05, 3.63) is 0 Å².